The number of methoxy groups -OCH3 is 1. The van der Waals surface area contributed by atoms with Crippen LogP contribution < -0.4 is 10.1 Å². The Morgan fingerprint density at radius 2 is 2.07 bits per heavy atom. The van der Waals surface area contributed by atoms with Gasteiger partial charge in [-0.3, -0.25) is 9.48 Å². The summed E-state index contributed by atoms with van der Waals surface area (Å²) in [7, 11) is 1.60. The zero-order valence-electron chi connectivity index (χ0n) is 16.0. The Hall–Kier alpha value is -3.20. The summed E-state index contributed by atoms with van der Waals surface area (Å²) in [6, 6.07) is 13.9. The third kappa shape index (κ3) is 4.35. The molecule has 30 heavy (non-hydrogen) atoms. The lowest BCUT2D eigenvalue weighted by Gasteiger charge is -2.08. The van der Waals surface area contributed by atoms with Gasteiger partial charge in [-0.2, -0.15) is 5.10 Å². The fourth-order valence-electron chi connectivity index (χ4n) is 3.03. The van der Waals surface area contributed by atoms with E-state index >= 15 is 0 Å². The minimum Gasteiger partial charge on any atom is -0.497 e. The smallest absolute Gasteiger partial charge is 0.269 e. The highest BCUT2D eigenvalue weighted by Crippen LogP contribution is 2.24. The van der Waals surface area contributed by atoms with E-state index in [1.807, 2.05) is 24.3 Å². The van der Waals surface area contributed by atoms with Crippen molar-refractivity contribution in [2.45, 2.75) is 19.1 Å². The van der Waals surface area contributed by atoms with E-state index in [4.69, 9.17) is 9.57 Å². The van der Waals surface area contributed by atoms with Crippen molar-refractivity contribution in [3.05, 3.63) is 76.1 Å². The molecule has 1 N–H and O–H groups in total. The minimum absolute atomic E-state index is 0.242. The molecule has 0 spiro atoms. The van der Waals surface area contributed by atoms with Crippen molar-refractivity contribution in [1.82, 2.24) is 9.78 Å². The van der Waals surface area contributed by atoms with Gasteiger partial charge in [-0.05, 0) is 51.8 Å². The second-order valence-corrected chi connectivity index (χ2v) is 7.52. The van der Waals surface area contributed by atoms with Gasteiger partial charge >= 0.3 is 0 Å². The average molecular weight is 473 g/mol. The summed E-state index contributed by atoms with van der Waals surface area (Å²) >= 11 is 3.38. The van der Waals surface area contributed by atoms with Gasteiger partial charge in [0.2, 0.25) is 6.10 Å². The van der Waals surface area contributed by atoms with Crippen LogP contribution in [-0.4, -0.2) is 34.6 Å². The number of amides is 1. The van der Waals surface area contributed by atoms with Crippen molar-refractivity contribution in [1.29, 1.82) is 0 Å². The molecule has 1 amide bonds. The highest BCUT2D eigenvalue weighted by molar-refractivity contribution is 9.10. The Bertz CT molecular complexity index is 1100. The Balaban J connectivity index is 1.38. The number of carbonyl (C=O) groups excluding carboxylic acids is 1. The molecule has 1 aliphatic rings. The van der Waals surface area contributed by atoms with Gasteiger partial charge in [-0.15, -0.1) is 0 Å². The van der Waals surface area contributed by atoms with Crippen LogP contribution in [-0.2, 0) is 16.2 Å². The predicted octanol–water partition coefficient (Wildman–Crippen LogP) is 3.97. The number of rotatable bonds is 6. The van der Waals surface area contributed by atoms with Gasteiger partial charge < -0.3 is 14.9 Å². The zero-order valence-corrected chi connectivity index (χ0v) is 17.6. The lowest BCUT2D eigenvalue weighted by Crippen LogP contribution is -2.28. The molecule has 0 radical (unpaired) electrons. The number of anilines is 1. The second kappa shape index (κ2) is 8.66. The zero-order chi connectivity index (χ0) is 21.1. The number of carbonyl (C=O) groups is 1. The van der Waals surface area contributed by atoms with Crippen LogP contribution in [0.4, 0.5) is 10.2 Å². The number of nitrogens with one attached hydrogen (secondary N) is 1. The van der Waals surface area contributed by atoms with Gasteiger partial charge in [0.15, 0.2) is 5.82 Å². The van der Waals surface area contributed by atoms with Crippen LogP contribution in [0.3, 0.4) is 0 Å². The van der Waals surface area contributed by atoms with Crippen molar-refractivity contribution in [2.24, 2.45) is 5.16 Å². The summed E-state index contributed by atoms with van der Waals surface area (Å²) in [4.78, 5) is 17.9. The summed E-state index contributed by atoms with van der Waals surface area (Å²) in [5.41, 5.74) is 2.05. The molecular formula is C21H18BrFN4O3. The average Bonchev–Trinajstić information content (AvgIpc) is 3.37. The molecule has 0 saturated heterocycles. The number of halogens is 2. The molecule has 1 unspecified atom stereocenters. The van der Waals surface area contributed by atoms with Crippen LogP contribution in [0.15, 0.2) is 64.4 Å². The van der Waals surface area contributed by atoms with Crippen molar-refractivity contribution in [2.75, 3.05) is 12.4 Å². The van der Waals surface area contributed by atoms with E-state index in [0.717, 1.165) is 11.3 Å². The van der Waals surface area contributed by atoms with E-state index in [-0.39, 0.29) is 18.3 Å². The highest BCUT2D eigenvalue weighted by Gasteiger charge is 2.30. The van der Waals surface area contributed by atoms with E-state index in [1.165, 1.54) is 6.07 Å². The molecule has 4 rings (SSSR count). The molecule has 0 aliphatic carbocycles. The molecule has 1 aliphatic heterocycles. The highest BCUT2D eigenvalue weighted by atomic mass is 79.9. The third-order valence-corrected chi connectivity index (χ3v) is 5.21. The van der Waals surface area contributed by atoms with Crippen LogP contribution in [0.2, 0.25) is 0 Å². The number of aromatic nitrogens is 2. The molecule has 3 aromatic rings. The monoisotopic (exact) mass is 472 g/mol. The van der Waals surface area contributed by atoms with Gasteiger partial charge in [0.25, 0.3) is 5.91 Å². The summed E-state index contributed by atoms with van der Waals surface area (Å²) in [6.45, 7) is 0.242. The standard InChI is InChI=1S/C21H18BrFN4O3/c1-29-15-8-6-13(7-9-15)18-10-19(30-26-18)21(28)24-20-16(22)12-27(25-20)11-14-4-2-3-5-17(14)23/h2-9,12,19H,10-11H2,1H3,(H,24,25,28). The number of hydrogen-bond donors (Lipinski definition) is 1. The fraction of sp³-hybridized carbons (Fsp3) is 0.190. The van der Waals surface area contributed by atoms with Gasteiger partial charge in [-0.1, -0.05) is 23.4 Å². The molecule has 2 aromatic carbocycles. The van der Waals surface area contributed by atoms with Gasteiger partial charge in [-0.25, -0.2) is 4.39 Å². The fourth-order valence-corrected chi connectivity index (χ4v) is 3.45. The maximum atomic E-state index is 13.9. The molecule has 0 fully saturated rings. The number of nitrogens with zero attached hydrogens (tertiary/aromatic N) is 3. The first-order chi connectivity index (χ1) is 14.5. The lowest BCUT2D eigenvalue weighted by molar-refractivity contribution is -0.125. The number of oxime groups is 1. The Morgan fingerprint density at radius 3 is 2.80 bits per heavy atom. The quantitative estimate of drug-likeness (QED) is 0.588. The van der Waals surface area contributed by atoms with E-state index in [0.29, 0.717) is 28.0 Å². The Labute approximate surface area is 180 Å². The van der Waals surface area contributed by atoms with Crippen molar-refractivity contribution >= 4 is 33.4 Å². The van der Waals surface area contributed by atoms with Crippen molar-refractivity contribution in [3.63, 3.8) is 0 Å². The summed E-state index contributed by atoms with van der Waals surface area (Å²) in [6.07, 6.45) is 1.26. The number of benzene rings is 2. The largest absolute Gasteiger partial charge is 0.497 e. The summed E-state index contributed by atoms with van der Waals surface area (Å²) < 4.78 is 21.1. The van der Waals surface area contributed by atoms with Crippen molar-refractivity contribution in [3.8, 4) is 5.75 Å². The summed E-state index contributed by atoms with van der Waals surface area (Å²) in [5, 5.41) is 11.1. The molecule has 0 saturated carbocycles. The molecule has 0 bridgehead atoms. The first kappa shape index (κ1) is 20.1. The van der Waals surface area contributed by atoms with Gasteiger partial charge in [0.1, 0.15) is 11.6 Å². The van der Waals surface area contributed by atoms with E-state index in [2.05, 4.69) is 31.5 Å². The van der Waals surface area contributed by atoms with Gasteiger partial charge in [0.05, 0.1) is 23.8 Å². The predicted molar refractivity (Wildman–Crippen MR) is 113 cm³/mol. The van der Waals surface area contributed by atoms with E-state index in [1.54, 1.807) is 36.2 Å². The van der Waals surface area contributed by atoms with E-state index in [9.17, 15) is 9.18 Å². The molecule has 7 nitrogen and oxygen atoms in total. The molecular weight excluding hydrogens is 455 g/mol. The van der Waals surface area contributed by atoms with Crippen LogP contribution >= 0.6 is 15.9 Å². The first-order valence-electron chi connectivity index (χ1n) is 9.18. The Morgan fingerprint density at radius 1 is 1.30 bits per heavy atom. The van der Waals surface area contributed by atoms with Crippen LogP contribution in [0.1, 0.15) is 17.5 Å². The number of hydrogen-bond acceptors (Lipinski definition) is 5. The molecule has 154 valence electrons. The van der Waals surface area contributed by atoms with E-state index < -0.39 is 6.10 Å². The topological polar surface area (TPSA) is 77.7 Å². The van der Waals surface area contributed by atoms with Crippen LogP contribution in [0.25, 0.3) is 0 Å². The maximum Gasteiger partial charge on any atom is 0.269 e. The van der Waals surface area contributed by atoms with Crippen molar-refractivity contribution < 1.29 is 18.8 Å². The lowest BCUT2D eigenvalue weighted by atomic mass is 10.0. The Kier molecular flexibility index (Phi) is 5.80. The summed E-state index contributed by atoms with van der Waals surface area (Å²) in [5.74, 6) is 0.401. The second-order valence-electron chi connectivity index (χ2n) is 6.67. The minimum atomic E-state index is -0.759. The molecule has 2 heterocycles. The first-order valence-corrected chi connectivity index (χ1v) is 9.97. The maximum absolute atomic E-state index is 13.9. The molecule has 9 heteroatoms. The van der Waals surface area contributed by atoms with Gasteiger partial charge in [0, 0.05) is 18.2 Å². The van der Waals surface area contributed by atoms with Crippen LogP contribution in [0, 0.1) is 5.82 Å². The SMILES string of the molecule is COc1ccc(C2=NOC(C(=O)Nc3nn(Cc4ccccc4F)cc3Br)C2)cc1. The molecule has 1 atom stereocenters. The third-order valence-electron chi connectivity index (χ3n) is 4.63. The normalized spacial score (nSPS) is 15.4. The van der Waals surface area contributed by atoms with Crippen LogP contribution in [0.5, 0.6) is 5.75 Å². The number of ether oxygens (including phenoxy) is 1. The molecule has 1 aromatic heterocycles.